The zero-order valence-corrected chi connectivity index (χ0v) is 14.3. The molecule has 3 nitrogen and oxygen atoms in total. The van der Waals surface area contributed by atoms with Crippen LogP contribution >= 0.6 is 34.7 Å². The molecular formula is C12H18ClNO2S3. The summed E-state index contributed by atoms with van der Waals surface area (Å²) in [5.41, 5.74) is 0. The molecule has 0 aromatic carbocycles. The van der Waals surface area contributed by atoms with E-state index in [1.165, 1.54) is 11.3 Å². The molecular weight excluding hydrogens is 322 g/mol. The van der Waals surface area contributed by atoms with E-state index in [0.717, 1.165) is 17.1 Å². The van der Waals surface area contributed by atoms with E-state index in [1.807, 2.05) is 11.8 Å². The maximum atomic E-state index is 12.6. The minimum absolute atomic E-state index is 0.154. The highest BCUT2D eigenvalue weighted by atomic mass is 35.5. The SMILES string of the molecule is CC1(C)CCN(S(=O)(=O)c2ccc(CCl)s2)CCS1. The third-order valence-electron chi connectivity index (χ3n) is 3.16. The second-order valence-electron chi connectivity index (χ2n) is 5.12. The van der Waals surface area contributed by atoms with Gasteiger partial charge in [0.1, 0.15) is 4.21 Å². The number of sulfonamides is 1. The Bertz CT molecular complexity index is 539. The molecule has 108 valence electrons. The Morgan fingerprint density at radius 3 is 2.74 bits per heavy atom. The number of thioether (sulfide) groups is 1. The molecule has 0 bridgehead atoms. The van der Waals surface area contributed by atoms with Crippen LogP contribution in [0.1, 0.15) is 25.1 Å². The number of alkyl halides is 1. The Hall–Kier alpha value is 0.250. The Balaban J connectivity index is 2.20. The first-order valence-electron chi connectivity index (χ1n) is 6.14. The van der Waals surface area contributed by atoms with E-state index in [9.17, 15) is 8.42 Å². The first-order chi connectivity index (χ1) is 8.85. The van der Waals surface area contributed by atoms with Gasteiger partial charge >= 0.3 is 0 Å². The fourth-order valence-corrected chi connectivity index (χ4v) is 6.21. The Labute approximate surface area is 128 Å². The zero-order valence-electron chi connectivity index (χ0n) is 11.1. The third-order valence-corrected chi connectivity index (χ3v) is 8.43. The van der Waals surface area contributed by atoms with Crippen molar-refractivity contribution in [2.45, 2.75) is 35.1 Å². The lowest BCUT2D eigenvalue weighted by Gasteiger charge is -2.22. The smallest absolute Gasteiger partial charge is 0.206 e. The summed E-state index contributed by atoms with van der Waals surface area (Å²) < 4.78 is 27.3. The van der Waals surface area contributed by atoms with Crippen molar-refractivity contribution < 1.29 is 8.42 Å². The monoisotopic (exact) mass is 339 g/mol. The molecule has 2 heterocycles. The molecule has 7 heteroatoms. The number of thiophene rings is 1. The predicted octanol–water partition coefficient (Wildman–Crippen LogP) is 3.39. The highest BCUT2D eigenvalue weighted by Gasteiger charge is 2.31. The molecule has 1 aromatic rings. The first-order valence-corrected chi connectivity index (χ1v) is 9.92. The Morgan fingerprint density at radius 2 is 2.11 bits per heavy atom. The van der Waals surface area contributed by atoms with E-state index in [-0.39, 0.29) is 4.75 Å². The van der Waals surface area contributed by atoms with E-state index >= 15 is 0 Å². The van der Waals surface area contributed by atoms with Crippen LogP contribution in [0, 0.1) is 0 Å². The van der Waals surface area contributed by atoms with Crippen molar-refractivity contribution >= 4 is 44.7 Å². The molecule has 0 unspecified atom stereocenters. The summed E-state index contributed by atoms with van der Waals surface area (Å²) >= 11 is 8.85. The predicted molar refractivity (Wildman–Crippen MR) is 83.8 cm³/mol. The first kappa shape index (κ1) is 15.6. The van der Waals surface area contributed by atoms with Crippen LogP contribution in [0.15, 0.2) is 16.3 Å². The summed E-state index contributed by atoms with van der Waals surface area (Å²) in [5, 5.41) is 0. The lowest BCUT2D eigenvalue weighted by molar-refractivity contribution is 0.416. The van der Waals surface area contributed by atoms with Crippen LogP contribution in [0.3, 0.4) is 0 Å². The maximum absolute atomic E-state index is 12.6. The standard InChI is InChI=1S/C12H18ClNO2S3/c1-12(2)5-6-14(7-8-17-12)19(15,16)11-4-3-10(9-13)18-11/h3-4H,5-9H2,1-2H3. The van der Waals surface area contributed by atoms with Crippen LogP contribution in [0.4, 0.5) is 0 Å². The number of rotatable bonds is 3. The minimum Gasteiger partial charge on any atom is -0.206 e. The molecule has 1 aliphatic heterocycles. The third kappa shape index (κ3) is 3.67. The van der Waals surface area contributed by atoms with Crippen LogP contribution in [0.5, 0.6) is 0 Å². The number of nitrogens with zero attached hydrogens (tertiary/aromatic N) is 1. The van der Waals surface area contributed by atoms with Gasteiger partial charge in [-0.3, -0.25) is 0 Å². The second kappa shape index (κ2) is 5.93. The molecule has 0 N–H and O–H groups in total. The van der Waals surface area contributed by atoms with E-state index in [2.05, 4.69) is 13.8 Å². The Morgan fingerprint density at radius 1 is 1.37 bits per heavy atom. The second-order valence-corrected chi connectivity index (χ2v) is 10.5. The van der Waals surface area contributed by atoms with Gasteiger partial charge in [0.05, 0.1) is 5.88 Å². The summed E-state index contributed by atoms with van der Waals surface area (Å²) in [5.74, 6) is 1.21. The van der Waals surface area contributed by atoms with Crippen molar-refractivity contribution in [3.8, 4) is 0 Å². The van der Waals surface area contributed by atoms with E-state index in [4.69, 9.17) is 11.6 Å². The van der Waals surface area contributed by atoms with Gasteiger partial charge in [-0.15, -0.1) is 22.9 Å². The Kier molecular flexibility index (Phi) is 4.88. The van der Waals surface area contributed by atoms with Crippen LogP contribution in [-0.4, -0.2) is 36.3 Å². The summed E-state index contributed by atoms with van der Waals surface area (Å²) in [6.07, 6.45) is 0.880. The van der Waals surface area contributed by atoms with Gasteiger partial charge in [-0.2, -0.15) is 16.1 Å². The highest BCUT2D eigenvalue weighted by Crippen LogP contribution is 2.33. The fraction of sp³-hybridized carbons (Fsp3) is 0.667. The number of hydrogen-bond donors (Lipinski definition) is 0. The van der Waals surface area contributed by atoms with Crippen LogP contribution < -0.4 is 0 Å². The molecule has 1 aliphatic rings. The van der Waals surface area contributed by atoms with Gasteiger partial charge in [0.15, 0.2) is 0 Å². The quantitative estimate of drug-likeness (QED) is 0.792. The maximum Gasteiger partial charge on any atom is 0.252 e. The molecule has 0 aliphatic carbocycles. The van der Waals surface area contributed by atoms with Gasteiger partial charge in [-0.1, -0.05) is 13.8 Å². The molecule has 2 rings (SSSR count). The average Bonchev–Trinajstić information content (AvgIpc) is 2.75. The van der Waals surface area contributed by atoms with Gasteiger partial charge in [0, 0.05) is 28.5 Å². The molecule has 1 aromatic heterocycles. The van der Waals surface area contributed by atoms with Crippen molar-refractivity contribution in [3.63, 3.8) is 0 Å². The molecule has 1 saturated heterocycles. The lowest BCUT2D eigenvalue weighted by Crippen LogP contribution is -2.33. The van der Waals surface area contributed by atoms with Crippen molar-refractivity contribution in [1.82, 2.24) is 4.31 Å². The van der Waals surface area contributed by atoms with Crippen molar-refractivity contribution in [3.05, 3.63) is 17.0 Å². The highest BCUT2D eigenvalue weighted by molar-refractivity contribution is 8.00. The molecule has 0 atom stereocenters. The molecule has 0 amide bonds. The van der Waals surface area contributed by atoms with Gasteiger partial charge in [-0.05, 0) is 18.6 Å². The number of halogens is 1. The van der Waals surface area contributed by atoms with Crippen LogP contribution in [-0.2, 0) is 15.9 Å². The minimum atomic E-state index is -3.34. The molecule has 0 radical (unpaired) electrons. The van der Waals surface area contributed by atoms with E-state index in [1.54, 1.807) is 16.4 Å². The van der Waals surface area contributed by atoms with Gasteiger partial charge in [0.25, 0.3) is 10.0 Å². The summed E-state index contributed by atoms with van der Waals surface area (Å²) in [4.78, 5) is 0.893. The summed E-state index contributed by atoms with van der Waals surface area (Å²) in [6.45, 7) is 5.52. The van der Waals surface area contributed by atoms with E-state index < -0.39 is 10.0 Å². The van der Waals surface area contributed by atoms with Gasteiger partial charge < -0.3 is 0 Å². The van der Waals surface area contributed by atoms with Crippen molar-refractivity contribution in [1.29, 1.82) is 0 Å². The molecule has 0 saturated carbocycles. The van der Waals surface area contributed by atoms with Crippen LogP contribution in [0.25, 0.3) is 0 Å². The van der Waals surface area contributed by atoms with Gasteiger partial charge in [-0.25, -0.2) is 8.42 Å². The largest absolute Gasteiger partial charge is 0.252 e. The fourth-order valence-electron chi connectivity index (χ4n) is 1.94. The average molecular weight is 340 g/mol. The molecule has 19 heavy (non-hydrogen) atoms. The molecule has 0 spiro atoms. The van der Waals surface area contributed by atoms with Crippen molar-refractivity contribution in [2.75, 3.05) is 18.8 Å². The summed E-state index contributed by atoms with van der Waals surface area (Å²) in [6, 6.07) is 3.46. The lowest BCUT2D eigenvalue weighted by atomic mass is 10.1. The van der Waals surface area contributed by atoms with Crippen LogP contribution in [0.2, 0.25) is 0 Å². The van der Waals surface area contributed by atoms with Crippen molar-refractivity contribution in [2.24, 2.45) is 0 Å². The topological polar surface area (TPSA) is 37.4 Å². The zero-order chi connectivity index (χ0) is 14.1. The molecule has 1 fully saturated rings. The summed E-state index contributed by atoms with van der Waals surface area (Å²) in [7, 11) is -3.34. The normalized spacial score (nSPS) is 21.2. The van der Waals surface area contributed by atoms with Gasteiger partial charge in [0.2, 0.25) is 0 Å². The number of hydrogen-bond acceptors (Lipinski definition) is 4. The van der Waals surface area contributed by atoms with E-state index in [0.29, 0.717) is 23.2 Å².